The molecule has 0 aliphatic carbocycles. The van der Waals surface area contributed by atoms with Gasteiger partial charge in [-0.2, -0.15) is 4.98 Å². The summed E-state index contributed by atoms with van der Waals surface area (Å²) in [4.78, 5) is 23.9. The number of anilines is 2. The molecule has 0 radical (unpaired) electrons. The predicted octanol–water partition coefficient (Wildman–Crippen LogP) is 1.68. The highest BCUT2D eigenvalue weighted by molar-refractivity contribution is 6.30. The normalized spacial score (nSPS) is 10.2. The SMILES string of the molecule is COc1cc(C)nc(NC(=O)c2cc(N)nc(Cl)c2)n1. The van der Waals surface area contributed by atoms with Crippen LogP contribution in [0.1, 0.15) is 16.1 Å². The smallest absolute Gasteiger partial charge is 0.258 e. The molecule has 0 unspecified atom stereocenters. The number of nitrogens with two attached hydrogens (primary N) is 1. The van der Waals surface area contributed by atoms with Crippen LogP contribution in [-0.4, -0.2) is 28.0 Å². The fraction of sp³-hybridized carbons (Fsp3) is 0.167. The maximum atomic E-state index is 12.1. The largest absolute Gasteiger partial charge is 0.481 e. The van der Waals surface area contributed by atoms with Crippen LogP contribution in [-0.2, 0) is 0 Å². The molecular formula is C12H12ClN5O2. The van der Waals surface area contributed by atoms with E-state index in [1.165, 1.54) is 19.2 Å². The van der Waals surface area contributed by atoms with Crippen LogP contribution in [0.5, 0.6) is 5.88 Å². The summed E-state index contributed by atoms with van der Waals surface area (Å²) >= 11 is 5.75. The zero-order chi connectivity index (χ0) is 14.7. The fourth-order valence-corrected chi connectivity index (χ4v) is 1.74. The number of ether oxygens (including phenoxy) is 1. The molecule has 0 fully saturated rings. The van der Waals surface area contributed by atoms with E-state index in [-0.39, 0.29) is 22.5 Å². The summed E-state index contributed by atoms with van der Waals surface area (Å²) in [6.45, 7) is 1.77. The van der Waals surface area contributed by atoms with Crippen LogP contribution in [0.4, 0.5) is 11.8 Å². The van der Waals surface area contributed by atoms with Gasteiger partial charge < -0.3 is 10.5 Å². The van der Waals surface area contributed by atoms with Crippen molar-refractivity contribution in [1.29, 1.82) is 0 Å². The Bertz CT molecular complexity index is 642. The summed E-state index contributed by atoms with van der Waals surface area (Å²) in [6.07, 6.45) is 0. The van der Waals surface area contributed by atoms with Gasteiger partial charge in [-0.3, -0.25) is 10.1 Å². The van der Waals surface area contributed by atoms with Gasteiger partial charge in [0, 0.05) is 17.3 Å². The van der Waals surface area contributed by atoms with Gasteiger partial charge >= 0.3 is 0 Å². The van der Waals surface area contributed by atoms with E-state index in [0.717, 1.165) is 0 Å². The third kappa shape index (κ3) is 3.33. The Labute approximate surface area is 120 Å². The first-order valence-corrected chi connectivity index (χ1v) is 6.00. The van der Waals surface area contributed by atoms with E-state index in [1.807, 2.05) is 0 Å². The van der Waals surface area contributed by atoms with E-state index in [0.29, 0.717) is 11.6 Å². The number of aromatic nitrogens is 3. The lowest BCUT2D eigenvalue weighted by molar-refractivity contribution is 0.102. The molecule has 2 aromatic rings. The second-order valence-corrected chi connectivity index (χ2v) is 4.32. The maximum Gasteiger partial charge on any atom is 0.258 e. The Kier molecular flexibility index (Phi) is 3.99. The lowest BCUT2D eigenvalue weighted by atomic mass is 10.2. The number of amides is 1. The van der Waals surface area contributed by atoms with E-state index in [2.05, 4.69) is 20.3 Å². The van der Waals surface area contributed by atoms with Crippen molar-refractivity contribution in [3.63, 3.8) is 0 Å². The fourth-order valence-electron chi connectivity index (χ4n) is 1.52. The average molecular weight is 294 g/mol. The average Bonchev–Trinajstić information content (AvgIpc) is 2.36. The quantitative estimate of drug-likeness (QED) is 0.835. The molecule has 8 heteroatoms. The zero-order valence-corrected chi connectivity index (χ0v) is 11.6. The Balaban J connectivity index is 2.25. The van der Waals surface area contributed by atoms with E-state index in [9.17, 15) is 4.79 Å². The van der Waals surface area contributed by atoms with E-state index < -0.39 is 5.91 Å². The molecule has 104 valence electrons. The van der Waals surface area contributed by atoms with Crippen LogP contribution in [0, 0.1) is 6.92 Å². The van der Waals surface area contributed by atoms with Gasteiger partial charge in [-0.15, -0.1) is 0 Å². The Morgan fingerprint density at radius 3 is 2.70 bits per heavy atom. The number of halogens is 1. The van der Waals surface area contributed by atoms with Crippen molar-refractivity contribution in [2.45, 2.75) is 6.92 Å². The molecule has 0 saturated heterocycles. The summed E-state index contributed by atoms with van der Waals surface area (Å²) in [5.74, 6) is 0.220. The highest BCUT2D eigenvalue weighted by atomic mass is 35.5. The monoisotopic (exact) mass is 293 g/mol. The number of nitrogen functional groups attached to an aromatic ring is 1. The van der Waals surface area contributed by atoms with Crippen molar-refractivity contribution in [3.05, 3.63) is 34.6 Å². The van der Waals surface area contributed by atoms with E-state index in [1.54, 1.807) is 13.0 Å². The molecule has 2 heterocycles. The van der Waals surface area contributed by atoms with Gasteiger partial charge in [-0.05, 0) is 19.1 Å². The van der Waals surface area contributed by atoms with Gasteiger partial charge in [0.2, 0.25) is 11.8 Å². The topological polar surface area (TPSA) is 103 Å². The molecule has 3 N–H and O–H groups in total. The second kappa shape index (κ2) is 5.70. The number of nitrogens with zero attached hydrogens (tertiary/aromatic N) is 3. The van der Waals surface area contributed by atoms with Gasteiger partial charge in [0.15, 0.2) is 0 Å². The molecule has 7 nitrogen and oxygen atoms in total. The highest BCUT2D eigenvalue weighted by Crippen LogP contribution is 2.15. The van der Waals surface area contributed by atoms with Gasteiger partial charge in [0.25, 0.3) is 5.91 Å². The third-order valence-corrected chi connectivity index (χ3v) is 2.53. The number of nitrogens with one attached hydrogen (secondary N) is 1. The van der Waals surface area contributed by atoms with Crippen molar-refractivity contribution in [2.75, 3.05) is 18.2 Å². The molecule has 0 aliphatic heterocycles. The first kappa shape index (κ1) is 14.0. The minimum Gasteiger partial charge on any atom is -0.481 e. The molecule has 20 heavy (non-hydrogen) atoms. The first-order chi connectivity index (χ1) is 9.47. The van der Waals surface area contributed by atoms with Crippen LogP contribution in [0.2, 0.25) is 5.15 Å². The first-order valence-electron chi connectivity index (χ1n) is 5.62. The van der Waals surface area contributed by atoms with Crippen LogP contribution >= 0.6 is 11.6 Å². The molecule has 0 saturated carbocycles. The van der Waals surface area contributed by atoms with Crippen LogP contribution < -0.4 is 15.8 Å². The Hall–Kier alpha value is -2.41. The van der Waals surface area contributed by atoms with Crippen molar-refractivity contribution >= 4 is 29.3 Å². The number of pyridine rings is 1. The number of carbonyl (C=O) groups is 1. The summed E-state index contributed by atoms with van der Waals surface area (Å²) in [6, 6.07) is 4.46. The van der Waals surface area contributed by atoms with Gasteiger partial charge in [-0.25, -0.2) is 9.97 Å². The standard InChI is InChI=1S/C12H12ClN5O2/c1-6-3-10(20-2)17-12(15-6)18-11(19)7-4-8(13)16-9(14)5-7/h3-5H,1-2H3,(H2,14,16)(H,15,17,18,19). The molecular weight excluding hydrogens is 282 g/mol. The predicted molar refractivity (Wildman–Crippen MR) is 74.9 cm³/mol. The van der Waals surface area contributed by atoms with E-state index in [4.69, 9.17) is 22.1 Å². The number of carbonyl (C=O) groups excluding carboxylic acids is 1. The summed E-state index contributed by atoms with van der Waals surface area (Å²) < 4.78 is 5.01. The highest BCUT2D eigenvalue weighted by Gasteiger charge is 2.11. The minimum absolute atomic E-state index is 0.137. The number of hydrogen-bond donors (Lipinski definition) is 2. The van der Waals surface area contributed by atoms with Crippen molar-refractivity contribution in [1.82, 2.24) is 15.0 Å². The Morgan fingerprint density at radius 1 is 1.30 bits per heavy atom. The maximum absolute atomic E-state index is 12.1. The molecule has 2 rings (SSSR count). The number of hydrogen-bond acceptors (Lipinski definition) is 6. The molecule has 1 amide bonds. The van der Waals surface area contributed by atoms with Gasteiger partial charge in [-0.1, -0.05) is 11.6 Å². The molecule has 0 atom stereocenters. The zero-order valence-electron chi connectivity index (χ0n) is 10.8. The molecule has 0 aromatic carbocycles. The Morgan fingerprint density at radius 2 is 2.05 bits per heavy atom. The van der Waals surface area contributed by atoms with Gasteiger partial charge in [0.1, 0.15) is 11.0 Å². The summed E-state index contributed by atoms with van der Waals surface area (Å²) in [7, 11) is 1.48. The summed E-state index contributed by atoms with van der Waals surface area (Å²) in [5.41, 5.74) is 6.47. The molecule has 0 bridgehead atoms. The number of rotatable bonds is 3. The molecule has 0 aliphatic rings. The molecule has 2 aromatic heterocycles. The lowest BCUT2D eigenvalue weighted by Crippen LogP contribution is -2.15. The number of methoxy groups -OCH3 is 1. The van der Waals surface area contributed by atoms with Crippen LogP contribution in [0.3, 0.4) is 0 Å². The number of aryl methyl sites for hydroxylation is 1. The van der Waals surface area contributed by atoms with Crippen molar-refractivity contribution in [3.8, 4) is 5.88 Å². The van der Waals surface area contributed by atoms with Crippen molar-refractivity contribution in [2.24, 2.45) is 0 Å². The van der Waals surface area contributed by atoms with Crippen molar-refractivity contribution < 1.29 is 9.53 Å². The molecule has 0 spiro atoms. The third-order valence-electron chi connectivity index (χ3n) is 2.34. The van der Waals surface area contributed by atoms with Crippen LogP contribution in [0.25, 0.3) is 0 Å². The second-order valence-electron chi connectivity index (χ2n) is 3.93. The van der Waals surface area contributed by atoms with Gasteiger partial charge in [0.05, 0.1) is 7.11 Å². The van der Waals surface area contributed by atoms with Crippen LogP contribution in [0.15, 0.2) is 18.2 Å². The lowest BCUT2D eigenvalue weighted by Gasteiger charge is -2.07. The van der Waals surface area contributed by atoms with E-state index >= 15 is 0 Å². The summed E-state index contributed by atoms with van der Waals surface area (Å²) in [5, 5.41) is 2.68. The minimum atomic E-state index is -0.436.